The van der Waals surface area contributed by atoms with E-state index in [1.807, 2.05) is 6.92 Å². The van der Waals surface area contributed by atoms with Crippen molar-refractivity contribution in [3.8, 4) is 28.4 Å². The van der Waals surface area contributed by atoms with Crippen LogP contribution in [0.1, 0.15) is 45.9 Å². The number of ether oxygens (including phenoxy) is 8. The second-order valence-electron chi connectivity index (χ2n) is 10.9. The van der Waals surface area contributed by atoms with Crippen LogP contribution in [0.2, 0.25) is 0 Å². The molecule has 47 heavy (non-hydrogen) atoms. The molecular weight excluding hydrogens is 620 g/mol. The van der Waals surface area contributed by atoms with Crippen molar-refractivity contribution in [3.63, 3.8) is 0 Å². The van der Waals surface area contributed by atoms with Gasteiger partial charge in [-0.05, 0) is 42.7 Å². The molecule has 5 unspecified atom stereocenters. The summed E-state index contributed by atoms with van der Waals surface area (Å²) in [6.07, 6.45) is -6.44. The van der Waals surface area contributed by atoms with E-state index in [4.69, 9.17) is 42.3 Å². The van der Waals surface area contributed by atoms with Gasteiger partial charge in [0.25, 0.3) is 0 Å². The molecule has 14 nitrogen and oxygen atoms in total. The Morgan fingerprint density at radius 3 is 2.15 bits per heavy atom. The number of carbonyl (C=O) groups excluding carboxylic acids is 4. The van der Waals surface area contributed by atoms with Crippen molar-refractivity contribution in [2.24, 2.45) is 0 Å². The Morgan fingerprint density at radius 1 is 0.830 bits per heavy atom. The van der Waals surface area contributed by atoms with Gasteiger partial charge >= 0.3 is 23.9 Å². The summed E-state index contributed by atoms with van der Waals surface area (Å²) in [7, 11) is 0. The van der Waals surface area contributed by atoms with E-state index in [2.05, 4.69) is 0 Å². The molecule has 0 spiro atoms. The number of benzene rings is 2. The Labute approximate surface area is 268 Å². The number of aryl methyl sites for hydroxylation is 2. The normalized spacial score (nSPS) is 21.5. The fraction of sp³-hybridized carbons (Fsp3) is 0.424. The zero-order valence-electron chi connectivity index (χ0n) is 26.6. The minimum absolute atomic E-state index is 0.0896. The van der Waals surface area contributed by atoms with E-state index in [1.165, 1.54) is 13.0 Å². The van der Waals surface area contributed by atoms with Crippen LogP contribution in [0, 0.1) is 6.92 Å². The van der Waals surface area contributed by atoms with E-state index in [0.29, 0.717) is 40.4 Å². The van der Waals surface area contributed by atoms with Gasteiger partial charge in [-0.3, -0.25) is 24.0 Å². The van der Waals surface area contributed by atoms with Gasteiger partial charge in [-0.1, -0.05) is 13.0 Å². The summed E-state index contributed by atoms with van der Waals surface area (Å²) in [6.45, 7) is 7.76. The van der Waals surface area contributed by atoms with Crippen LogP contribution < -0.4 is 19.6 Å². The molecule has 3 aromatic rings. The van der Waals surface area contributed by atoms with Crippen molar-refractivity contribution < 1.29 is 61.5 Å². The van der Waals surface area contributed by atoms with Crippen molar-refractivity contribution in [1.82, 2.24) is 0 Å². The summed E-state index contributed by atoms with van der Waals surface area (Å²) in [5.41, 5.74) is 1.44. The van der Waals surface area contributed by atoms with Gasteiger partial charge in [-0.2, -0.15) is 0 Å². The number of rotatable bonds is 9. The highest BCUT2D eigenvalue weighted by molar-refractivity contribution is 5.85. The number of hydrogen-bond donors (Lipinski definition) is 0. The standard InChI is InChI=1S/C33H34O14/c1-7-20-10-22-25(42-15(2)28(29(22)38)21-8-9-23-26(11-21)41-14-40-23)12-24(20)46-33-32(45-19(6)37)31(44-18(5)36)30(43-17(4)35)27(47-33)13-39-16(3)34/h8-12,27,30-33H,7,13-14H2,1-6H3. The van der Waals surface area contributed by atoms with Gasteiger partial charge in [0, 0.05) is 33.8 Å². The Balaban J connectivity index is 1.56. The van der Waals surface area contributed by atoms with Gasteiger partial charge in [0.05, 0.1) is 10.9 Å². The first-order valence-electron chi connectivity index (χ1n) is 14.8. The van der Waals surface area contributed by atoms with Crippen molar-refractivity contribution in [2.45, 2.75) is 78.7 Å². The highest BCUT2D eigenvalue weighted by atomic mass is 16.7. The maximum absolute atomic E-state index is 13.8. The van der Waals surface area contributed by atoms with Crippen molar-refractivity contribution >= 4 is 34.8 Å². The fourth-order valence-electron chi connectivity index (χ4n) is 5.56. The maximum atomic E-state index is 13.8. The molecule has 1 aromatic heterocycles. The molecule has 0 amide bonds. The topological polar surface area (TPSA) is 172 Å². The van der Waals surface area contributed by atoms with Gasteiger partial charge < -0.3 is 42.3 Å². The molecule has 5 atom stereocenters. The summed E-state index contributed by atoms with van der Waals surface area (Å²) in [4.78, 5) is 62.0. The smallest absolute Gasteiger partial charge is 0.303 e. The maximum Gasteiger partial charge on any atom is 0.303 e. The first kappa shape index (κ1) is 33.3. The third-order valence-corrected chi connectivity index (χ3v) is 7.48. The molecule has 0 N–H and O–H groups in total. The van der Waals surface area contributed by atoms with Crippen LogP contribution in [0.25, 0.3) is 22.1 Å². The first-order valence-corrected chi connectivity index (χ1v) is 14.8. The molecule has 5 rings (SSSR count). The van der Waals surface area contributed by atoms with Crippen LogP contribution in [0.4, 0.5) is 0 Å². The minimum atomic E-state index is -1.46. The molecule has 1 saturated heterocycles. The lowest BCUT2D eigenvalue weighted by Crippen LogP contribution is -2.63. The largest absolute Gasteiger partial charge is 0.463 e. The SMILES string of the molecule is CCc1cc2c(=O)c(-c3ccc4c(c3)OCO4)c(C)oc2cc1OC1OC(COC(C)=O)C(OC(C)=O)C(OC(C)=O)C1OC(C)=O. The predicted octanol–water partition coefficient (Wildman–Crippen LogP) is 3.52. The van der Waals surface area contributed by atoms with Gasteiger partial charge in [0.15, 0.2) is 23.7 Å². The summed E-state index contributed by atoms with van der Waals surface area (Å²) in [5.74, 6) is -1.30. The predicted molar refractivity (Wildman–Crippen MR) is 161 cm³/mol. The van der Waals surface area contributed by atoms with Gasteiger partial charge in [0.2, 0.25) is 24.6 Å². The van der Waals surface area contributed by atoms with E-state index in [9.17, 15) is 24.0 Å². The molecule has 0 radical (unpaired) electrons. The molecule has 1 fully saturated rings. The summed E-state index contributed by atoms with van der Waals surface area (Å²) >= 11 is 0. The second-order valence-corrected chi connectivity index (χ2v) is 10.9. The quantitative estimate of drug-likeness (QED) is 0.242. The molecule has 0 aliphatic carbocycles. The first-order chi connectivity index (χ1) is 22.4. The van der Waals surface area contributed by atoms with Gasteiger partial charge in [-0.25, -0.2) is 0 Å². The summed E-state index contributed by atoms with van der Waals surface area (Å²) in [5, 5.41) is 0.286. The third-order valence-electron chi connectivity index (χ3n) is 7.48. The lowest BCUT2D eigenvalue weighted by molar-refractivity contribution is -0.288. The molecule has 0 bridgehead atoms. The highest BCUT2D eigenvalue weighted by Gasteiger charge is 2.53. The lowest BCUT2D eigenvalue weighted by atomic mass is 9.97. The zero-order valence-corrected chi connectivity index (χ0v) is 26.6. The van der Waals surface area contributed by atoms with Crippen LogP contribution >= 0.6 is 0 Å². The average molecular weight is 655 g/mol. The molecule has 14 heteroatoms. The highest BCUT2D eigenvalue weighted by Crippen LogP contribution is 2.38. The Hall–Kier alpha value is -5.11. The molecule has 2 aliphatic rings. The van der Waals surface area contributed by atoms with E-state index in [1.54, 1.807) is 31.2 Å². The molecule has 3 heterocycles. The van der Waals surface area contributed by atoms with Crippen molar-refractivity contribution in [3.05, 3.63) is 51.9 Å². The lowest BCUT2D eigenvalue weighted by Gasteiger charge is -2.44. The van der Waals surface area contributed by atoms with Crippen LogP contribution in [-0.2, 0) is 49.3 Å². The van der Waals surface area contributed by atoms with Crippen LogP contribution in [-0.4, -0.2) is 68.0 Å². The summed E-state index contributed by atoms with van der Waals surface area (Å²) < 4.78 is 50.9. The molecule has 0 saturated carbocycles. The average Bonchev–Trinajstić information content (AvgIpc) is 3.46. The van der Waals surface area contributed by atoms with Crippen LogP contribution in [0.15, 0.2) is 39.5 Å². The molecule has 250 valence electrons. The number of hydrogen-bond acceptors (Lipinski definition) is 14. The third kappa shape index (κ3) is 7.17. The summed E-state index contributed by atoms with van der Waals surface area (Å²) in [6, 6.07) is 8.35. The number of fused-ring (bicyclic) bond motifs is 2. The minimum Gasteiger partial charge on any atom is -0.463 e. The second kappa shape index (κ2) is 13.7. The fourth-order valence-corrected chi connectivity index (χ4v) is 5.56. The zero-order chi connectivity index (χ0) is 34.0. The monoisotopic (exact) mass is 654 g/mol. The molecular formula is C33H34O14. The van der Waals surface area contributed by atoms with E-state index < -0.39 is 61.2 Å². The van der Waals surface area contributed by atoms with E-state index in [0.717, 1.165) is 20.8 Å². The van der Waals surface area contributed by atoms with Crippen LogP contribution in [0.3, 0.4) is 0 Å². The van der Waals surface area contributed by atoms with E-state index >= 15 is 0 Å². The number of carbonyl (C=O) groups is 4. The van der Waals surface area contributed by atoms with Gasteiger partial charge in [0.1, 0.15) is 29.8 Å². The Bertz CT molecular complexity index is 1780. The molecule has 2 aromatic carbocycles. The van der Waals surface area contributed by atoms with Crippen molar-refractivity contribution in [1.29, 1.82) is 0 Å². The Morgan fingerprint density at radius 2 is 1.49 bits per heavy atom. The number of esters is 4. The van der Waals surface area contributed by atoms with E-state index in [-0.39, 0.29) is 28.9 Å². The molecule has 2 aliphatic heterocycles. The van der Waals surface area contributed by atoms with Crippen molar-refractivity contribution in [2.75, 3.05) is 13.4 Å². The Kier molecular flexibility index (Phi) is 9.70. The van der Waals surface area contributed by atoms with Crippen LogP contribution in [0.5, 0.6) is 17.2 Å². The van der Waals surface area contributed by atoms with Gasteiger partial charge in [-0.15, -0.1) is 0 Å².